The first kappa shape index (κ1) is 21.5. The molecular weight excluding hydrogens is 270 g/mol. The molecular formula is C20H41NO. The summed E-state index contributed by atoms with van der Waals surface area (Å²) in [5, 5.41) is 0. The Kier molecular flexibility index (Phi) is 13.7. The highest BCUT2D eigenvalue weighted by Crippen LogP contribution is 2.31. The van der Waals surface area contributed by atoms with Crippen LogP contribution in [0.5, 0.6) is 0 Å². The molecule has 0 aromatic rings. The van der Waals surface area contributed by atoms with Gasteiger partial charge in [0.2, 0.25) is 5.91 Å². The van der Waals surface area contributed by atoms with E-state index in [2.05, 4.69) is 20.8 Å². The molecule has 0 heterocycles. The van der Waals surface area contributed by atoms with E-state index in [1.807, 2.05) is 0 Å². The Balaban J connectivity index is 3.79. The second-order valence-corrected chi connectivity index (χ2v) is 7.31. The van der Waals surface area contributed by atoms with Gasteiger partial charge in [0.15, 0.2) is 0 Å². The van der Waals surface area contributed by atoms with Gasteiger partial charge in [-0.2, -0.15) is 0 Å². The average Bonchev–Trinajstić information content (AvgIpc) is 2.49. The molecule has 0 aromatic carbocycles. The lowest BCUT2D eigenvalue weighted by Crippen LogP contribution is -2.34. The van der Waals surface area contributed by atoms with Crippen LogP contribution in [-0.2, 0) is 4.79 Å². The molecule has 0 bridgehead atoms. The summed E-state index contributed by atoms with van der Waals surface area (Å²) in [6, 6.07) is 0. The largest absolute Gasteiger partial charge is 0.369 e. The number of carbonyl (C=O) groups is 1. The molecule has 0 saturated carbocycles. The number of nitrogens with two attached hydrogens (primary N) is 1. The van der Waals surface area contributed by atoms with Gasteiger partial charge in [0.05, 0.1) is 0 Å². The van der Waals surface area contributed by atoms with Crippen molar-refractivity contribution in [1.29, 1.82) is 0 Å². The summed E-state index contributed by atoms with van der Waals surface area (Å²) in [5.74, 6) is -0.0907. The second-order valence-electron chi connectivity index (χ2n) is 7.31. The third-order valence-corrected chi connectivity index (χ3v) is 5.01. The molecule has 0 rings (SSSR count). The van der Waals surface area contributed by atoms with Gasteiger partial charge in [-0.3, -0.25) is 4.79 Å². The van der Waals surface area contributed by atoms with Crippen molar-refractivity contribution in [3.8, 4) is 0 Å². The quantitative estimate of drug-likeness (QED) is 0.331. The van der Waals surface area contributed by atoms with Crippen LogP contribution in [0.2, 0.25) is 0 Å². The van der Waals surface area contributed by atoms with E-state index < -0.39 is 0 Å². The van der Waals surface area contributed by atoms with E-state index in [9.17, 15) is 4.79 Å². The first-order valence-electron chi connectivity index (χ1n) is 9.86. The number of hydrogen-bond acceptors (Lipinski definition) is 1. The molecule has 2 heteroatoms. The zero-order valence-corrected chi connectivity index (χ0v) is 15.6. The Bertz CT molecular complexity index is 264. The molecule has 0 aliphatic carbocycles. The van der Waals surface area contributed by atoms with Crippen LogP contribution < -0.4 is 5.73 Å². The summed E-state index contributed by atoms with van der Waals surface area (Å²) in [6.07, 6.45) is 18.7. The van der Waals surface area contributed by atoms with E-state index in [0.717, 1.165) is 25.7 Å². The van der Waals surface area contributed by atoms with Crippen LogP contribution in [0.3, 0.4) is 0 Å². The molecule has 0 aliphatic rings. The molecule has 1 unspecified atom stereocenters. The summed E-state index contributed by atoms with van der Waals surface area (Å²) >= 11 is 0. The van der Waals surface area contributed by atoms with Crippen molar-refractivity contribution < 1.29 is 4.79 Å². The Morgan fingerprint density at radius 3 is 1.32 bits per heavy atom. The lowest BCUT2D eigenvalue weighted by molar-refractivity contribution is -0.127. The molecule has 132 valence electrons. The molecule has 22 heavy (non-hydrogen) atoms. The normalized spacial score (nSPS) is 14.0. The molecule has 1 amide bonds. The van der Waals surface area contributed by atoms with Gasteiger partial charge in [-0.05, 0) is 12.8 Å². The maximum atomic E-state index is 11.8. The fourth-order valence-electron chi connectivity index (χ4n) is 3.14. The van der Waals surface area contributed by atoms with E-state index in [1.165, 1.54) is 70.6 Å². The standard InChI is InChI=1S/C20H41NO/c1-4-6-8-10-12-14-16-18-20(3,19(21)22)17-15-13-11-9-7-5-2/h4-18H2,1-3H3,(H2,21,22). The maximum absolute atomic E-state index is 11.8. The van der Waals surface area contributed by atoms with Crippen molar-refractivity contribution in [3.63, 3.8) is 0 Å². The summed E-state index contributed by atoms with van der Waals surface area (Å²) in [6.45, 7) is 6.57. The molecule has 0 aromatic heterocycles. The van der Waals surface area contributed by atoms with Crippen LogP contribution in [0.4, 0.5) is 0 Å². The van der Waals surface area contributed by atoms with Crippen molar-refractivity contribution in [2.45, 2.75) is 117 Å². The monoisotopic (exact) mass is 311 g/mol. The Morgan fingerprint density at radius 1 is 0.682 bits per heavy atom. The minimum absolute atomic E-state index is 0.0907. The minimum atomic E-state index is -0.270. The fraction of sp³-hybridized carbons (Fsp3) is 0.950. The number of primary amides is 1. The van der Waals surface area contributed by atoms with Crippen molar-refractivity contribution in [2.24, 2.45) is 11.1 Å². The molecule has 0 fully saturated rings. The smallest absolute Gasteiger partial charge is 0.223 e. The van der Waals surface area contributed by atoms with Gasteiger partial charge in [0, 0.05) is 5.41 Å². The minimum Gasteiger partial charge on any atom is -0.369 e. The summed E-state index contributed by atoms with van der Waals surface area (Å²) < 4.78 is 0. The molecule has 0 spiro atoms. The van der Waals surface area contributed by atoms with E-state index in [0.29, 0.717) is 0 Å². The predicted octanol–water partition coefficient (Wildman–Crippen LogP) is 6.37. The van der Waals surface area contributed by atoms with Gasteiger partial charge in [0.25, 0.3) is 0 Å². The predicted molar refractivity (Wildman–Crippen MR) is 97.9 cm³/mol. The highest BCUT2D eigenvalue weighted by molar-refractivity contribution is 5.80. The summed E-state index contributed by atoms with van der Waals surface area (Å²) in [5.41, 5.74) is 5.41. The fourth-order valence-corrected chi connectivity index (χ4v) is 3.14. The van der Waals surface area contributed by atoms with Crippen LogP contribution in [0, 0.1) is 5.41 Å². The zero-order valence-electron chi connectivity index (χ0n) is 15.6. The third kappa shape index (κ3) is 11.1. The van der Waals surface area contributed by atoms with Gasteiger partial charge in [-0.15, -0.1) is 0 Å². The van der Waals surface area contributed by atoms with Crippen LogP contribution in [0.15, 0.2) is 0 Å². The topological polar surface area (TPSA) is 43.1 Å². The van der Waals surface area contributed by atoms with Gasteiger partial charge < -0.3 is 5.73 Å². The van der Waals surface area contributed by atoms with E-state index >= 15 is 0 Å². The number of unbranched alkanes of at least 4 members (excludes halogenated alkanes) is 11. The maximum Gasteiger partial charge on any atom is 0.223 e. The highest BCUT2D eigenvalue weighted by Gasteiger charge is 2.29. The molecule has 0 radical (unpaired) electrons. The van der Waals surface area contributed by atoms with Gasteiger partial charge in [-0.1, -0.05) is 104 Å². The Labute approximate surface area is 139 Å². The van der Waals surface area contributed by atoms with E-state index in [-0.39, 0.29) is 11.3 Å². The number of hydrogen-bond donors (Lipinski definition) is 1. The van der Waals surface area contributed by atoms with Gasteiger partial charge in [-0.25, -0.2) is 0 Å². The molecule has 0 saturated heterocycles. The molecule has 1 atom stereocenters. The van der Waals surface area contributed by atoms with Crippen molar-refractivity contribution in [2.75, 3.05) is 0 Å². The second kappa shape index (κ2) is 14.1. The highest BCUT2D eigenvalue weighted by atomic mass is 16.1. The van der Waals surface area contributed by atoms with E-state index in [4.69, 9.17) is 5.73 Å². The van der Waals surface area contributed by atoms with Crippen LogP contribution >= 0.6 is 0 Å². The van der Waals surface area contributed by atoms with Gasteiger partial charge in [0.1, 0.15) is 0 Å². The Morgan fingerprint density at radius 2 is 1.00 bits per heavy atom. The SMILES string of the molecule is CCCCCCCCCC(C)(CCCCCCCC)C(N)=O. The first-order valence-corrected chi connectivity index (χ1v) is 9.86. The zero-order chi connectivity index (χ0) is 16.7. The average molecular weight is 312 g/mol. The Hall–Kier alpha value is -0.530. The first-order chi connectivity index (χ1) is 10.6. The lowest BCUT2D eigenvalue weighted by atomic mass is 9.79. The lowest BCUT2D eigenvalue weighted by Gasteiger charge is -2.26. The third-order valence-electron chi connectivity index (χ3n) is 5.01. The number of amides is 1. The van der Waals surface area contributed by atoms with Crippen LogP contribution in [-0.4, -0.2) is 5.91 Å². The molecule has 2 nitrogen and oxygen atoms in total. The van der Waals surface area contributed by atoms with E-state index in [1.54, 1.807) is 0 Å². The van der Waals surface area contributed by atoms with Crippen molar-refractivity contribution in [1.82, 2.24) is 0 Å². The van der Waals surface area contributed by atoms with Crippen molar-refractivity contribution in [3.05, 3.63) is 0 Å². The van der Waals surface area contributed by atoms with Gasteiger partial charge >= 0.3 is 0 Å². The summed E-state index contributed by atoms with van der Waals surface area (Å²) in [7, 11) is 0. The number of carbonyl (C=O) groups excluding carboxylic acids is 1. The van der Waals surface area contributed by atoms with Crippen molar-refractivity contribution >= 4 is 5.91 Å². The number of rotatable bonds is 16. The molecule has 0 aliphatic heterocycles. The summed E-state index contributed by atoms with van der Waals surface area (Å²) in [4.78, 5) is 11.8. The van der Waals surface area contributed by atoms with Crippen LogP contribution in [0.1, 0.15) is 117 Å². The van der Waals surface area contributed by atoms with Crippen LogP contribution in [0.25, 0.3) is 0 Å². The molecule has 2 N–H and O–H groups in total.